The van der Waals surface area contributed by atoms with Crippen LogP contribution < -0.4 is 0 Å². The molecule has 0 spiro atoms. The van der Waals surface area contributed by atoms with Crippen LogP contribution in [0.15, 0.2) is 24.3 Å². The van der Waals surface area contributed by atoms with E-state index < -0.39 is 0 Å². The lowest BCUT2D eigenvalue weighted by atomic mass is 9.91. The van der Waals surface area contributed by atoms with Crippen molar-refractivity contribution < 1.29 is 14.0 Å². The average molecular weight is 346 g/mol. The Hall–Kier alpha value is -1.91. The molecule has 2 heterocycles. The number of carbonyl (C=O) groups excluding carboxylic acids is 2. The predicted octanol–water partition coefficient (Wildman–Crippen LogP) is 2.72. The van der Waals surface area contributed by atoms with Gasteiger partial charge in [0, 0.05) is 32.6 Å². The predicted molar refractivity (Wildman–Crippen MR) is 94.3 cm³/mol. The first-order chi connectivity index (χ1) is 11.9. The molecular weight excluding hydrogens is 319 g/mol. The van der Waals surface area contributed by atoms with Gasteiger partial charge in [0.15, 0.2) is 0 Å². The van der Waals surface area contributed by atoms with Crippen molar-refractivity contribution in [3.63, 3.8) is 0 Å². The van der Waals surface area contributed by atoms with Gasteiger partial charge < -0.3 is 9.80 Å². The third-order valence-corrected chi connectivity index (χ3v) is 5.33. The van der Waals surface area contributed by atoms with Crippen molar-refractivity contribution in [1.29, 1.82) is 0 Å². The highest BCUT2D eigenvalue weighted by Crippen LogP contribution is 2.26. The number of piperidine rings is 1. The molecule has 0 aliphatic carbocycles. The van der Waals surface area contributed by atoms with Crippen LogP contribution in [-0.4, -0.2) is 47.8 Å². The van der Waals surface area contributed by atoms with Gasteiger partial charge in [0.1, 0.15) is 5.82 Å². The van der Waals surface area contributed by atoms with E-state index in [9.17, 15) is 14.0 Å². The Labute approximate surface area is 149 Å². The van der Waals surface area contributed by atoms with E-state index in [-0.39, 0.29) is 23.5 Å². The van der Waals surface area contributed by atoms with Crippen LogP contribution in [0.3, 0.4) is 0 Å². The molecule has 0 radical (unpaired) electrons. The summed E-state index contributed by atoms with van der Waals surface area (Å²) in [6.45, 7) is 7.08. The number of amides is 2. The van der Waals surface area contributed by atoms with Crippen LogP contribution in [-0.2, 0) is 16.0 Å². The van der Waals surface area contributed by atoms with Crippen LogP contribution in [0.5, 0.6) is 0 Å². The molecule has 0 aromatic heterocycles. The second kappa shape index (κ2) is 7.54. The van der Waals surface area contributed by atoms with Crippen LogP contribution in [0.2, 0.25) is 0 Å². The second-order valence-corrected chi connectivity index (χ2v) is 7.81. The van der Waals surface area contributed by atoms with Crippen LogP contribution in [0.25, 0.3) is 0 Å². The zero-order valence-corrected chi connectivity index (χ0v) is 15.1. The molecule has 0 N–H and O–H groups in total. The number of rotatable bonds is 4. The summed E-state index contributed by atoms with van der Waals surface area (Å²) in [5.74, 6) is 0.781. The fourth-order valence-corrected chi connectivity index (χ4v) is 4.17. The van der Waals surface area contributed by atoms with E-state index in [4.69, 9.17) is 0 Å². The Morgan fingerprint density at radius 3 is 2.40 bits per heavy atom. The van der Waals surface area contributed by atoms with Gasteiger partial charge in [0.25, 0.3) is 0 Å². The largest absolute Gasteiger partial charge is 0.342 e. The molecule has 0 bridgehead atoms. The van der Waals surface area contributed by atoms with E-state index in [0.717, 1.165) is 25.1 Å². The van der Waals surface area contributed by atoms with Crippen molar-refractivity contribution in [2.45, 2.75) is 33.1 Å². The van der Waals surface area contributed by atoms with Crippen molar-refractivity contribution in [2.75, 3.05) is 26.2 Å². The minimum Gasteiger partial charge on any atom is -0.342 e. The second-order valence-electron chi connectivity index (χ2n) is 7.81. The Balaban J connectivity index is 1.54. The first kappa shape index (κ1) is 17.9. The topological polar surface area (TPSA) is 40.6 Å². The van der Waals surface area contributed by atoms with Gasteiger partial charge in [-0.1, -0.05) is 26.0 Å². The molecule has 2 aliphatic rings. The Morgan fingerprint density at radius 2 is 1.76 bits per heavy atom. The summed E-state index contributed by atoms with van der Waals surface area (Å²) in [6, 6.07) is 6.36. The summed E-state index contributed by atoms with van der Waals surface area (Å²) in [5, 5.41) is 0. The average Bonchev–Trinajstić information content (AvgIpc) is 2.93. The molecule has 0 saturated carbocycles. The highest BCUT2D eigenvalue weighted by molar-refractivity contribution is 5.89. The van der Waals surface area contributed by atoms with E-state index in [1.165, 1.54) is 12.1 Å². The van der Waals surface area contributed by atoms with Gasteiger partial charge in [-0.3, -0.25) is 9.59 Å². The molecule has 136 valence electrons. The minimum atomic E-state index is -0.253. The van der Waals surface area contributed by atoms with Gasteiger partial charge in [-0.05, 0) is 42.4 Å². The van der Waals surface area contributed by atoms with Crippen molar-refractivity contribution in [3.8, 4) is 0 Å². The molecule has 3 unspecified atom stereocenters. The van der Waals surface area contributed by atoms with E-state index in [1.807, 2.05) is 4.90 Å². The highest BCUT2D eigenvalue weighted by atomic mass is 19.1. The standard InChI is InChI=1S/C20H27FN2O2/c1-14-9-15(2)12-23(11-14)20(25)17-10-19(24)22(13-17)8-7-16-3-5-18(21)6-4-16/h3-6,14-15,17H,7-13H2,1-2H3. The number of hydrogen-bond acceptors (Lipinski definition) is 2. The van der Waals surface area contributed by atoms with Crippen molar-refractivity contribution >= 4 is 11.8 Å². The fourth-order valence-electron chi connectivity index (χ4n) is 4.17. The summed E-state index contributed by atoms with van der Waals surface area (Å²) >= 11 is 0. The number of likely N-dealkylation sites (tertiary alicyclic amines) is 2. The van der Waals surface area contributed by atoms with E-state index in [2.05, 4.69) is 13.8 Å². The van der Waals surface area contributed by atoms with Gasteiger partial charge >= 0.3 is 0 Å². The number of benzene rings is 1. The van der Waals surface area contributed by atoms with Gasteiger partial charge in [0.2, 0.25) is 11.8 Å². The molecule has 2 aliphatic heterocycles. The highest BCUT2D eigenvalue weighted by Gasteiger charge is 2.37. The minimum absolute atomic E-state index is 0.0542. The SMILES string of the molecule is CC1CC(C)CN(C(=O)C2CC(=O)N(CCc3ccc(F)cc3)C2)C1. The first-order valence-corrected chi connectivity index (χ1v) is 9.23. The van der Waals surface area contributed by atoms with Crippen LogP contribution in [0, 0.1) is 23.6 Å². The summed E-state index contributed by atoms with van der Waals surface area (Å²) < 4.78 is 13.0. The van der Waals surface area contributed by atoms with Crippen molar-refractivity contribution in [1.82, 2.24) is 9.80 Å². The van der Waals surface area contributed by atoms with E-state index in [1.54, 1.807) is 17.0 Å². The summed E-state index contributed by atoms with van der Waals surface area (Å²) in [5.41, 5.74) is 1.00. The Kier molecular flexibility index (Phi) is 5.40. The molecule has 1 aromatic rings. The zero-order valence-electron chi connectivity index (χ0n) is 15.1. The maximum Gasteiger partial charge on any atom is 0.228 e. The maximum absolute atomic E-state index is 13.0. The summed E-state index contributed by atoms with van der Waals surface area (Å²) in [4.78, 5) is 28.8. The molecule has 2 fully saturated rings. The number of nitrogens with zero attached hydrogens (tertiary/aromatic N) is 2. The van der Waals surface area contributed by atoms with E-state index >= 15 is 0 Å². The maximum atomic E-state index is 13.0. The van der Waals surface area contributed by atoms with Crippen LogP contribution in [0.4, 0.5) is 4.39 Å². The van der Waals surface area contributed by atoms with Crippen LogP contribution >= 0.6 is 0 Å². The van der Waals surface area contributed by atoms with Gasteiger partial charge in [-0.2, -0.15) is 0 Å². The monoisotopic (exact) mass is 346 g/mol. The van der Waals surface area contributed by atoms with Gasteiger partial charge in [0.05, 0.1) is 5.92 Å². The molecule has 25 heavy (non-hydrogen) atoms. The van der Waals surface area contributed by atoms with Crippen molar-refractivity contribution in [3.05, 3.63) is 35.6 Å². The number of halogens is 1. The van der Waals surface area contributed by atoms with Gasteiger partial charge in [-0.15, -0.1) is 0 Å². The lowest BCUT2D eigenvalue weighted by Gasteiger charge is -2.36. The fraction of sp³-hybridized carbons (Fsp3) is 0.600. The number of carbonyl (C=O) groups is 2. The molecular formula is C20H27FN2O2. The van der Waals surface area contributed by atoms with E-state index in [0.29, 0.717) is 37.8 Å². The summed E-state index contributed by atoms with van der Waals surface area (Å²) in [6.07, 6.45) is 2.17. The molecule has 5 heteroatoms. The first-order valence-electron chi connectivity index (χ1n) is 9.23. The molecule has 3 rings (SSSR count). The normalized spacial score (nSPS) is 27.0. The third-order valence-electron chi connectivity index (χ3n) is 5.33. The molecule has 4 nitrogen and oxygen atoms in total. The quantitative estimate of drug-likeness (QED) is 0.841. The van der Waals surface area contributed by atoms with Gasteiger partial charge in [-0.25, -0.2) is 4.39 Å². The smallest absolute Gasteiger partial charge is 0.228 e. The lowest BCUT2D eigenvalue weighted by molar-refractivity contribution is -0.138. The molecule has 2 saturated heterocycles. The molecule has 1 aromatic carbocycles. The molecule has 3 atom stereocenters. The Bertz CT molecular complexity index is 621. The molecule has 2 amide bonds. The summed E-state index contributed by atoms with van der Waals surface area (Å²) in [7, 11) is 0. The third kappa shape index (κ3) is 4.39. The zero-order chi connectivity index (χ0) is 18.0. The lowest BCUT2D eigenvalue weighted by Crippen LogP contribution is -2.45. The Morgan fingerprint density at radius 1 is 1.12 bits per heavy atom. The van der Waals surface area contributed by atoms with Crippen molar-refractivity contribution in [2.24, 2.45) is 17.8 Å². The number of hydrogen-bond donors (Lipinski definition) is 0. The van der Waals surface area contributed by atoms with Crippen LogP contribution in [0.1, 0.15) is 32.3 Å².